The summed E-state index contributed by atoms with van der Waals surface area (Å²) in [4.78, 5) is 10.6. The molecule has 0 aliphatic rings. The highest BCUT2D eigenvalue weighted by molar-refractivity contribution is 7.26. The molecule has 0 saturated carbocycles. The zero-order valence-electron chi connectivity index (χ0n) is 27.5. The van der Waals surface area contributed by atoms with Crippen molar-refractivity contribution in [2.24, 2.45) is 0 Å². The summed E-state index contributed by atoms with van der Waals surface area (Å²) in [5.74, 6) is 0. The molecule has 0 spiro atoms. The molecule has 11 aromatic rings. The van der Waals surface area contributed by atoms with Crippen molar-refractivity contribution < 1.29 is 0 Å². The number of fused-ring (bicyclic) bond motifs is 10. The largest absolute Gasteiger partial charge is 0.245 e. The summed E-state index contributed by atoms with van der Waals surface area (Å²) < 4.78 is 2.67. The molecule has 0 atom stereocenters. The van der Waals surface area contributed by atoms with Crippen LogP contribution >= 0.6 is 11.3 Å². The van der Waals surface area contributed by atoms with Crippen LogP contribution in [0.1, 0.15) is 0 Å². The number of hydrogen-bond acceptors (Lipinski definition) is 3. The van der Waals surface area contributed by atoms with E-state index in [1.807, 2.05) is 17.4 Å². The predicted octanol–water partition coefficient (Wildman–Crippen LogP) is 13.6. The van der Waals surface area contributed by atoms with Gasteiger partial charge in [-0.3, -0.25) is 0 Å². The second-order valence-electron chi connectivity index (χ2n) is 13.3. The minimum absolute atomic E-state index is 0.918. The summed E-state index contributed by atoms with van der Waals surface area (Å²) >= 11 is 1.87. The Hall–Kier alpha value is -6.42. The SMILES string of the molecule is c1ccc(-c2ccc3ccc4ccc(-c5c6ccccc6c(-c6ccc7c(ccc8sc9ccccc9c87)c6)c6ccccc56)nc4c3n2)cc1. The molecule has 8 aromatic carbocycles. The highest BCUT2D eigenvalue weighted by Gasteiger charge is 2.19. The van der Waals surface area contributed by atoms with Crippen molar-refractivity contribution in [3.8, 4) is 33.6 Å². The second kappa shape index (κ2) is 11.0. The number of hydrogen-bond donors (Lipinski definition) is 0. The van der Waals surface area contributed by atoms with Gasteiger partial charge < -0.3 is 0 Å². The van der Waals surface area contributed by atoms with Crippen molar-refractivity contribution >= 4 is 85.6 Å². The summed E-state index contributed by atoms with van der Waals surface area (Å²) in [6, 6.07) is 61.3. The number of thiophene rings is 1. The van der Waals surface area contributed by atoms with E-state index in [-0.39, 0.29) is 0 Å². The van der Waals surface area contributed by atoms with Crippen molar-refractivity contribution in [1.29, 1.82) is 0 Å². The minimum atomic E-state index is 0.918. The van der Waals surface area contributed by atoms with Gasteiger partial charge in [-0.15, -0.1) is 11.3 Å². The number of pyridine rings is 2. The Morgan fingerprint density at radius 2 is 0.882 bits per heavy atom. The average molecular weight is 665 g/mol. The molecule has 3 heteroatoms. The molecule has 0 saturated heterocycles. The van der Waals surface area contributed by atoms with Gasteiger partial charge >= 0.3 is 0 Å². The standard InChI is InChI=1S/C48H28N2S/c1-2-10-29(11-3-1)40-25-21-30-18-19-31-22-26-41(50-48(31)47(30)49-40)45-37-14-6-4-12-35(37)44(36-13-5-7-15-38(36)45)33-20-24-34-32(28-33)23-27-43-46(34)39-16-8-9-17-42(39)51-43/h1-28H. The molecule has 0 amide bonds. The number of benzene rings is 8. The highest BCUT2D eigenvalue weighted by Crippen LogP contribution is 2.45. The van der Waals surface area contributed by atoms with Crippen LogP contribution in [-0.2, 0) is 0 Å². The lowest BCUT2D eigenvalue weighted by molar-refractivity contribution is 1.37. The zero-order chi connectivity index (χ0) is 33.5. The minimum Gasteiger partial charge on any atom is -0.245 e. The lowest BCUT2D eigenvalue weighted by atomic mass is 9.86. The van der Waals surface area contributed by atoms with Crippen molar-refractivity contribution in [3.05, 3.63) is 170 Å². The summed E-state index contributed by atoms with van der Waals surface area (Å²) in [7, 11) is 0. The van der Waals surface area contributed by atoms with Crippen molar-refractivity contribution in [2.75, 3.05) is 0 Å². The Balaban J connectivity index is 1.16. The third kappa shape index (κ3) is 4.35. The van der Waals surface area contributed by atoms with Gasteiger partial charge in [-0.25, -0.2) is 9.97 Å². The van der Waals surface area contributed by atoms with E-state index in [9.17, 15) is 0 Å². The van der Waals surface area contributed by atoms with Gasteiger partial charge in [0.05, 0.1) is 22.4 Å². The van der Waals surface area contributed by atoms with Gasteiger partial charge in [-0.05, 0) is 73.8 Å². The van der Waals surface area contributed by atoms with Crippen LogP contribution in [0.2, 0.25) is 0 Å². The number of aromatic nitrogens is 2. The number of rotatable bonds is 3. The molecule has 236 valence electrons. The lowest BCUT2D eigenvalue weighted by Crippen LogP contribution is -1.94. The second-order valence-corrected chi connectivity index (χ2v) is 14.4. The zero-order valence-corrected chi connectivity index (χ0v) is 28.3. The summed E-state index contributed by atoms with van der Waals surface area (Å²) in [5, 5.41) is 12.2. The predicted molar refractivity (Wildman–Crippen MR) is 219 cm³/mol. The molecule has 0 aliphatic heterocycles. The summed E-state index contributed by atoms with van der Waals surface area (Å²) in [5.41, 5.74) is 8.46. The van der Waals surface area contributed by atoms with E-state index in [0.29, 0.717) is 0 Å². The molecule has 2 nitrogen and oxygen atoms in total. The van der Waals surface area contributed by atoms with E-state index in [1.165, 1.54) is 63.6 Å². The first-order valence-corrected chi connectivity index (χ1v) is 18.1. The Morgan fingerprint density at radius 3 is 1.59 bits per heavy atom. The molecular formula is C48H28N2S. The van der Waals surface area contributed by atoms with Gasteiger partial charge in [0, 0.05) is 42.1 Å². The molecule has 51 heavy (non-hydrogen) atoms. The maximum atomic E-state index is 5.44. The van der Waals surface area contributed by atoms with Crippen LogP contribution in [0.3, 0.4) is 0 Å². The molecule has 0 unspecified atom stereocenters. The molecule has 0 bridgehead atoms. The van der Waals surface area contributed by atoms with E-state index in [1.54, 1.807) is 0 Å². The van der Waals surface area contributed by atoms with Gasteiger partial charge in [-0.2, -0.15) is 0 Å². The molecule has 3 heterocycles. The van der Waals surface area contributed by atoms with Gasteiger partial charge in [0.2, 0.25) is 0 Å². The van der Waals surface area contributed by atoms with Crippen LogP contribution in [0.4, 0.5) is 0 Å². The molecule has 11 rings (SSSR count). The quantitative estimate of drug-likeness (QED) is 0.139. The Labute approximate surface area is 297 Å². The van der Waals surface area contributed by atoms with Crippen molar-refractivity contribution in [3.63, 3.8) is 0 Å². The molecule has 0 N–H and O–H groups in total. The van der Waals surface area contributed by atoms with Crippen LogP contribution in [0.5, 0.6) is 0 Å². The lowest BCUT2D eigenvalue weighted by Gasteiger charge is -2.18. The Morgan fingerprint density at radius 1 is 0.333 bits per heavy atom. The van der Waals surface area contributed by atoms with Gasteiger partial charge in [0.1, 0.15) is 0 Å². The van der Waals surface area contributed by atoms with Crippen molar-refractivity contribution in [1.82, 2.24) is 9.97 Å². The first-order valence-electron chi connectivity index (χ1n) is 17.3. The Kier molecular flexibility index (Phi) is 6.16. The Bertz CT molecular complexity index is 3140. The van der Waals surface area contributed by atoms with Gasteiger partial charge in [-0.1, -0.05) is 140 Å². The van der Waals surface area contributed by atoms with Crippen LogP contribution in [-0.4, -0.2) is 9.97 Å². The fraction of sp³-hybridized carbons (Fsp3) is 0. The maximum Gasteiger partial charge on any atom is 0.0972 e. The normalized spacial score (nSPS) is 11.9. The van der Waals surface area contributed by atoms with E-state index in [4.69, 9.17) is 9.97 Å². The third-order valence-electron chi connectivity index (χ3n) is 10.4. The van der Waals surface area contributed by atoms with E-state index in [2.05, 4.69) is 164 Å². The first-order chi connectivity index (χ1) is 25.3. The van der Waals surface area contributed by atoms with Crippen LogP contribution < -0.4 is 0 Å². The van der Waals surface area contributed by atoms with Crippen molar-refractivity contribution in [2.45, 2.75) is 0 Å². The smallest absolute Gasteiger partial charge is 0.0972 e. The highest BCUT2D eigenvalue weighted by atomic mass is 32.1. The van der Waals surface area contributed by atoms with E-state index >= 15 is 0 Å². The van der Waals surface area contributed by atoms with E-state index in [0.717, 1.165) is 44.3 Å². The average Bonchev–Trinajstić information content (AvgIpc) is 3.59. The monoisotopic (exact) mass is 664 g/mol. The topological polar surface area (TPSA) is 25.8 Å². The van der Waals surface area contributed by atoms with Crippen LogP contribution in [0.15, 0.2) is 170 Å². The fourth-order valence-corrected chi connectivity index (χ4v) is 9.22. The summed E-state index contributed by atoms with van der Waals surface area (Å²) in [6.45, 7) is 0. The third-order valence-corrected chi connectivity index (χ3v) is 11.6. The van der Waals surface area contributed by atoms with E-state index < -0.39 is 0 Å². The summed E-state index contributed by atoms with van der Waals surface area (Å²) in [6.07, 6.45) is 0. The molecular weight excluding hydrogens is 637 g/mol. The van der Waals surface area contributed by atoms with Crippen LogP contribution in [0.25, 0.3) is 108 Å². The molecule has 0 aliphatic carbocycles. The molecule has 0 radical (unpaired) electrons. The number of nitrogens with zero attached hydrogens (tertiary/aromatic N) is 2. The molecule has 0 fully saturated rings. The molecule has 3 aromatic heterocycles. The van der Waals surface area contributed by atoms with Gasteiger partial charge in [0.15, 0.2) is 0 Å². The van der Waals surface area contributed by atoms with Crippen LogP contribution in [0, 0.1) is 0 Å². The van der Waals surface area contributed by atoms with Gasteiger partial charge in [0.25, 0.3) is 0 Å². The first kappa shape index (κ1) is 28.4. The maximum absolute atomic E-state index is 5.44. The fourth-order valence-electron chi connectivity index (χ4n) is 8.10.